The number of rotatable bonds is 5. The van der Waals surface area contributed by atoms with E-state index in [9.17, 15) is 9.59 Å². The van der Waals surface area contributed by atoms with E-state index in [1.54, 1.807) is 18.2 Å². The number of nitrogens with one attached hydrogen (secondary N) is 2. The molecule has 2 heterocycles. The molecular weight excluding hydrogens is 354 g/mol. The number of nitrogens with zero attached hydrogens (tertiary/aromatic N) is 1. The Morgan fingerprint density at radius 3 is 2.88 bits per heavy atom. The van der Waals surface area contributed by atoms with E-state index in [2.05, 4.69) is 15.6 Å². The summed E-state index contributed by atoms with van der Waals surface area (Å²) in [6, 6.07) is 8.30. The zero-order valence-corrected chi connectivity index (χ0v) is 15.2. The van der Waals surface area contributed by atoms with Gasteiger partial charge in [-0.25, -0.2) is 0 Å². The molecule has 2 amide bonds. The lowest BCUT2D eigenvalue weighted by Gasteiger charge is -2.11. The van der Waals surface area contributed by atoms with E-state index in [0.717, 1.165) is 25.0 Å². The number of anilines is 1. The Balaban J connectivity index is 1.66. The van der Waals surface area contributed by atoms with Crippen molar-refractivity contribution in [3.63, 3.8) is 0 Å². The van der Waals surface area contributed by atoms with Gasteiger partial charge in [-0.1, -0.05) is 17.7 Å². The summed E-state index contributed by atoms with van der Waals surface area (Å²) in [5, 5.41) is 6.13. The number of hydrogen-bond acceptors (Lipinski definition) is 4. The summed E-state index contributed by atoms with van der Waals surface area (Å²) in [7, 11) is 0. The lowest BCUT2D eigenvalue weighted by Crippen LogP contribution is -2.32. The van der Waals surface area contributed by atoms with E-state index >= 15 is 0 Å². The van der Waals surface area contributed by atoms with Crippen LogP contribution in [0.3, 0.4) is 0 Å². The van der Waals surface area contributed by atoms with Crippen LogP contribution < -0.4 is 10.6 Å². The van der Waals surface area contributed by atoms with Crippen LogP contribution in [0, 0.1) is 6.92 Å². The van der Waals surface area contributed by atoms with Gasteiger partial charge in [0.05, 0.1) is 6.10 Å². The van der Waals surface area contributed by atoms with E-state index in [0.29, 0.717) is 22.8 Å². The van der Waals surface area contributed by atoms with Gasteiger partial charge in [0.2, 0.25) is 0 Å². The van der Waals surface area contributed by atoms with Crippen molar-refractivity contribution in [3.8, 4) is 0 Å². The molecule has 0 saturated carbocycles. The second-order valence-electron chi connectivity index (χ2n) is 6.19. The van der Waals surface area contributed by atoms with E-state index in [-0.39, 0.29) is 17.7 Å². The van der Waals surface area contributed by atoms with Crippen LogP contribution >= 0.6 is 11.6 Å². The van der Waals surface area contributed by atoms with Crippen molar-refractivity contribution in [1.82, 2.24) is 10.3 Å². The van der Waals surface area contributed by atoms with Crippen LogP contribution in [0.15, 0.2) is 36.5 Å². The molecule has 1 atom stereocenters. The molecule has 0 aliphatic carbocycles. The number of amides is 2. The van der Waals surface area contributed by atoms with Crippen LogP contribution in [0.5, 0.6) is 0 Å². The summed E-state index contributed by atoms with van der Waals surface area (Å²) in [5.41, 5.74) is 2.03. The third-order valence-electron chi connectivity index (χ3n) is 4.22. The van der Waals surface area contributed by atoms with Gasteiger partial charge in [-0.3, -0.25) is 14.6 Å². The Kier molecular flexibility index (Phi) is 5.85. The van der Waals surface area contributed by atoms with Gasteiger partial charge < -0.3 is 15.4 Å². The van der Waals surface area contributed by atoms with Gasteiger partial charge in [0, 0.05) is 35.6 Å². The van der Waals surface area contributed by atoms with Gasteiger partial charge in [0.25, 0.3) is 11.8 Å². The van der Waals surface area contributed by atoms with Gasteiger partial charge in [-0.05, 0) is 49.6 Å². The maximum absolute atomic E-state index is 12.5. The highest BCUT2D eigenvalue weighted by Gasteiger charge is 2.18. The number of hydrogen-bond donors (Lipinski definition) is 2. The first-order chi connectivity index (χ1) is 12.5. The smallest absolute Gasteiger partial charge is 0.274 e. The monoisotopic (exact) mass is 373 g/mol. The number of pyridine rings is 1. The van der Waals surface area contributed by atoms with Crippen molar-refractivity contribution in [1.29, 1.82) is 0 Å². The molecule has 1 fully saturated rings. The molecule has 136 valence electrons. The SMILES string of the molecule is Cc1ccc(Cl)cc1NC(=O)c1cc(C(=O)NCC2CCCO2)ccn1. The molecule has 3 rings (SSSR count). The molecule has 0 bridgehead atoms. The molecule has 1 aliphatic heterocycles. The predicted molar refractivity (Wildman–Crippen MR) is 99.7 cm³/mol. The number of benzene rings is 1. The summed E-state index contributed by atoms with van der Waals surface area (Å²) in [5.74, 6) is -0.653. The highest BCUT2D eigenvalue weighted by molar-refractivity contribution is 6.31. The molecule has 1 aromatic carbocycles. The van der Waals surface area contributed by atoms with E-state index in [1.165, 1.54) is 12.3 Å². The van der Waals surface area contributed by atoms with Crippen molar-refractivity contribution >= 4 is 29.1 Å². The number of ether oxygens (including phenoxy) is 1. The van der Waals surface area contributed by atoms with Gasteiger partial charge in [0.15, 0.2) is 0 Å². The van der Waals surface area contributed by atoms with E-state index in [4.69, 9.17) is 16.3 Å². The summed E-state index contributed by atoms with van der Waals surface area (Å²) in [4.78, 5) is 28.8. The largest absolute Gasteiger partial charge is 0.376 e. The number of aromatic nitrogens is 1. The molecule has 1 aromatic heterocycles. The number of halogens is 1. The predicted octanol–water partition coefficient (Wildman–Crippen LogP) is 3.20. The molecule has 0 spiro atoms. The minimum atomic E-state index is -0.399. The van der Waals surface area contributed by atoms with Gasteiger partial charge in [0.1, 0.15) is 5.69 Å². The molecule has 1 saturated heterocycles. The van der Waals surface area contributed by atoms with Crippen molar-refractivity contribution in [2.75, 3.05) is 18.5 Å². The Morgan fingerprint density at radius 2 is 2.12 bits per heavy atom. The van der Waals surface area contributed by atoms with Gasteiger partial charge >= 0.3 is 0 Å². The fourth-order valence-electron chi connectivity index (χ4n) is 2.73. The van der Waals surface area contributed by atoms with Crippen molar-refractivity contribution in [3.05, 3.63) is 58.4 Å². The van der Waals surface area contributed by atoms with Crippen LogP contribution in [0.2, 0.25) is 5.02 Å². The van der Waals surface area contributed by atoms with Crippen molar-refractivity contribution < 1.29 is 14.3 Å². The zero-order valence-electron chi connectivity index (χ0n) is 14.4. The quantitative estimate of drug-likeness (QED) is 0.843. The molecule has 2 aromatic rings. The Bertz CT molecular complexity index is 819. The Morgan fingerprint density at radius 1 is 1.27 bits per heavy atom. The fraction of sp³-hybridized carbons (Fsp3) is 0.316. The normalized spacial score (nSPS) is 16.3. The van der Waals surface area contributed by atoms with Crippen molar-refractivity contribution in [2.24, 2.45) is 0 Å². The summed E-state index contributed by atoms with van der Waals surface area (Å²) in [6.45, 7) is 3.07. The average molecular weight is 374 g/mol. The lowest BCUT2D eigenvalue weighted by atomic mass is 10.1. The van der Waals surface area contributed by atoms with Crippen LogP contribution in [-0.4, -0.2) is 36.1 Å². The number of carbonyl (C=O) groups excluding carboxylic acids is 2. The van der Waals surface area contributed by atoms with E-state index < -0.39 is 5.91 Å². The minimum Gasteiger partial charge on any atom is -0.376 e. The third kappa shape index (κ3) is 4.59. The van der Waals surface area contributed by atoms with Gasteiger partial charge in [-0.15, -0.1) is 0 Å². The Hall–Kier alpha value is -2.44. The van der Waals surface area contributed by atoms with E-state index in [1.807, 2.05) is 13.0 Å². The molecule has 1 unspecified atom stereocenters. The highest BCUT2D eigenvalue weighted by Crippen LogP contribution is 2.20. The first kappa shape index (κ1) is 18.4. The maximum atomic E-state index is 12.5. The highest BCUT2D eigenvalue weighted by atomic mass is 35.5. The fourth-order valence-corrected chi connectivity index (χ4v) is 2.90. The second-order valence-corrected chi connectivity index (χ2v) is 6.62. The lowest BCUT2D eigenvalue weighted by molar-refractivity contribution is 0.0857. The first-order valence-corrected chi connectivity index (χ1v) is 8.84. The average Bonchev–Trinajstić information content (AvgIpc) is 3.16. The van der Waals surface area contributed by atoms with Crippen molar-refractivity contribution in [2.45, 2.75) is 25.9 Å². The number of carbonyl (C=O) groups is 2. The second kappa shape index (κ2) is 8.29. The maximum Gasteiger partial charge on any atom is 0.274 e. The zero-order chi connectivity index (χ0) is 18.5. The molecule has 0 radical (unpaired) electrons. The molecule has 1 aliphatic rings. The van der Waals surface area contributed by atoms with Gasteiger partial charge in [-0.2, -0.15) is 0 Å². The number of aryl methyl sites for hydroxylation is 1. The molecule has 7 heteroatoms. The van der Waals surface area contributed by atoms with Crippen LogP contribution in [0.4, 0.5) is 5.69 Å². The van der Waals surface area contributed by atoms with Crippen LogP contribution in [0.1, 0.15) is 39.3 Å². The topological polar surface area (TPSA) is 80.3 Å². The molecule has 6 nitrogen and oxygen atoms in total. The summed E-state index contributed by atoms with van der Waals surface area (Å²) >= 11 is 5.97. The summed E-state index contributed by atoms with van der Waals surface area (Å²) in [6.07, 6.45) is 3.47. The molecule has 2 N–H and O–H groups in total. The van der Waals surface area contributed by atoms with Crippen LogP contribution in [-0.2, 0) is 4.74 Å². The van der Waals surface area contributed by atoms with Crippen LogP contribution in [0.25, 0.3) is 0 Å². The summed E-state index contributed by atoms with van der Waals surface area (Å²) < 4.78 is 5.49. The minimum absolute atomic E-state index is 0.0642. The first-order valence-electron chi connectivity index (χ1n) is 8.46. The Labute approximate surface area is 156 Å². The molecule has 26 heavy (non-hydrogen) atoms. The third-order valence-corrected chi connectivity index (χ3v) is 4.45. The molecular formula is C19H20ClN3O3. The standard InChI is InChI=1S/C19H20ClN3O3/c1-12-4-5-14(20)10-16(12)23-19(25)17-9-13(6-7-21-17)18(24)22-11-15-3-2-8-26-15/h4-7,9-10,15H,2-3,8,11H2,1H3,(H,22,24)(H,23,25).